The van der Waals surface area contributed by atoms with Gasteiger partial charge in [0.25, 0.3) is 5.91 Å². The zero-order valence-electron chi connectivity index (χ0n) is 11.5. The van der Waals surface area contributed by atoms with Crippen LogP contribution in [0.3, 0.4) is 0 Å². The first-order valence-electron chi connectivity index (χ1n) is 6.35. The lowest BCUT2D eigenvalue weighted by Gasteiger charge is -2.14. The molecule has 2 N–H and O–H groups in total. The zero-order chi connectivity index (χ0) is 15.4. The normalized spacial score (nSPS) is 11.9. The smallest absolute Gasteiger partial charge is 0.251 e. The van der Waals surface area contributed by atoms with Gasteiger partial charge in [-0.15, -0.1) is 6.58 Å². The summed E-state index contributed by atoms with van der Waals surface area (Å²) in [5.41, 5.74) is 0.499. The number of aromatic nitrogens is 3. The monoisotopic (exact) mass is 322 g/mol. The van der Waals surface area contributed by atoms with Crippen LogP contribution in [0.25, 0.3) is 0 Å². The van der Waals surface area contributed by atoms with Crippen molar-refractivity contribution >= 4 is 29.7 Å². The van der Waals surface area contributed by atoms with Crippen LogP contribution in [-0.2, 0) is 6.54 Å². The van der Waals surface area contributed by atoms with Crippen LogP contribution in [0.5, 0.6) is 0 Å². The molecule has 0 aliphatic carbocycles. The molecule has 110 valence electrons. The first-order valence-corrected chi connectivity index (χ1v) is 7.14. The second kappa shape index (κ2) is 6.69. The number of hydrogen-bond donors (Lipinski definition) is 2. The molecule has 21 heavy (non-hydrogen) atoms. The Labute approximate surface area is 132 Å². The summed E-state index contributed by atoms with van der Waals surface area (Å²) >= 11 is 11.0. The average Bonchev–Trinajstić information content (AvgIpc) is 2.81. The summed E-state index contributed by atoms with van der Waals surface area (Å²) in [7, 11) is 0. The number of rotatable bonds is 5. The van der Waals surface area contributed by atoms with Gasteiger partial charge in [-0.25, -0.2) is 0 Å². The lowest BCUT2D eigenvalue weighted by molar-refractivity contribution is 0.0937. The Morgan fingerprint density at radius 2 is 2.43 bits per heavy atom. The SMILES string of the molecule is C=CCn1c(C(C)NC(=O)c2cccc(Cl)c2)n[nH]c1=S. The average molecular weight is 323 g/mol. The highest BCUT2D eigenvalue weighted by atomic mass is 35.5. The Kier molecular flexibility index (Phi) is 4.93. The molecule has 1 unspecified atom stereocenters. The minimum absolute atomic E-state index is 0.218. The van der Waals surface area contributed by atoms with Crippen molar-refractivity contribution < 1.29 is 4.79 Å². The summed E-state index contributed by atoms with van der Waals surface area (Å²) in [5, 5.41) is 10.3. The molecule has 0 aliphatic rings. The van der Waals surface area contributed by atoms with Crippen LogP contribution in [0, 0.1) is 4.77 Å². The van der Waals surface area contributed by atoms with Gasteiger partial charge >= 0.3 is 0 Å². The number of hydrogen-bond acceptors (Lipinski definition) is 3. The summed E-state index contributed by atoms with van der Waals surface area (Å²) in [6.45, 7) is 6.05. The predicted molar refractivity (Wildman–Crippen MR) is 84.9 cm³/mol. The van der Waals surface area contributed by atoms with Gasteiger partial charge in [-0.2, -0.15) is 5.10 Å². The highest BCUT2D eigenvalue weighted by molar-refractivity contribution is 7.71. The van der Waals surface area contributed by atoms with E-state index in [4.69, 9.17) is 23.8 Å². The van der Waals surface area contributed by atoms with Crippen molar-refractivity contribution in [3.8, 4) is 0 Å². The number of carbonyl (C=O) groups excluding carboxylic acids is 1. The summed E-state index contributed by atoms with van der Waals surface area (Å²) in [5.74, 6) is 0.430. The van der Waals surface area contributed by atoms with Crippen LogP contribution in [0.4, 0.5) is 0 Å². The minimum atomic E-state index is -0.301. The minimum Gasteiger partial charge on any atom is -0.342 e. The molecule has 1 atom stereocenters. The molecule has 1 aromatic carbocycles. The molecule has 5 nitrogen and oxygen atoms in total. The van der Waals surface area contributed by atoms with Gasteiger partial charge in [0.2, 0.25) is 0 Å². The second-order valence-electron chi connectivity index (χ2n) is 4.49. The Hall–Kier alpha value is -1.92. The van der Waals surface area contributed by atoms with Crippen molar-refractivity contribution in [1.82, 2.24) is 20.1 Å². The van der Waals surface area contributed by atoms with E-state index in [9.17, 15) is 4.79 Å². The number of benzene rings is 1. The summed E-state index contributed by atoms with van der Waals surface area (Å²) < 4.78 is 2.28. The maximum absolute atomic E-state index is 12.2. The fraction of sp³-hybridized carbons (Fsp3) is 0.214. The third-order valence-electron chi connectivity index (χ3n) is 2.92. The number of carbonyl (C=O) groups is 1. The number of halogens is 1. The van der Waals surface area contributed by atoms with Gasteiger partial charge < -0.3 is 5.32 Å². The highest BCUT2D eigenvalue weighted by Crippen LogP contribution is 2.14. The largest absolute Gasteiger partial charge is 0.342 e. The first-order chi connectivity index (χ1) is 10.0. The predicted octanol–water partition coefficient (Wildman–Crippen LogP) is 3.27. The Morgan fingerprint density at radius 1 is 1.67 bits per heavy atom. The summed E-state index contributed by atoms with van der Waals surface area (Å²) in [4.78, 5) is 12.2. The van der Waals surface area contributed by atoms with E-state index >= 15 is 0 Å². The standard InChI is InChI=1S/C14H15ClN4OS/c1-3-7-19-12(17-18-14(19)21)9(2)16-13(20)10-5-4-6-11(15)8-10/h3-6,8-9H,1,7H2,2H3,(H,16,20)(H,18,21). The van der Waals surface area contributed by atoms with Crippen molar-refractivity contribution in [2.45, 2.75) is 19.5 Å². The van der Waals surface area contributed by atoms with E-state index in [-0.39, 0.29) is 11.9 Å². The summed E-state index contributed by atoms with van der Waals surface area (Å²) in [6, 6.07) is 6.47. The van der Waals surface area contributed by atoms with Crippen LogP contribution in [0.2, 0.25) is 5.02 Å². The number of nitrogens with zero attached hydrogens (tertiary/aromatic N) is 2. The number of aromatic amines is 1. The van der Waals surface area contributed by atoms with E-state index < -0.39 is 0 Å². The number of nitrogens with one attached hydrogen (secondary N) is 2. The molecule has 7 heteroatoms. The highest BCUT2D eigenvalue weighted by Gasteiger charge is 2.17. The van der Waals surface area contributed by atoms with E-state index in [0.29, 0.717) is 27.7 Å². The zero-order valence-corrected chi connectivity index (χ0v) is 13.0. The fourth-order valence-electron chi connectivity index (χ4n) is 1.94. The fourth-order valence-corrected chi connectivity index (χ4v) is 2.34. The van der Waals surface area contributed by atoms with E-state index in [1.807, 2.05) is 6.92 Å². The molecule has 2 aromatic rings. The Morgan fingerprint density at radius 3 is 3.10 bits per heavy atom. The molecule has 0 saturated carbocycles. The molecule has 2 rings (SSSR count). The van der Waals surface area contributed by atoms with Gasteiger partial charge in [0.15, 0.2) is 10.6 Å². The van der Waals surface area contributed by atoms with Gasteiger partial charge in [0, 0.05) is 17.1 Å². The lowest BCUT2D eigenvalue weighted by atomic mass is 10.2. The molecule has 0 fully saturated rings. The quantitative estimate of drug-likeness (QED) is 0.656. The van der Waals surface area contributed by atoms with E-state index in [1.165, 1.54) is 0 Å². The van der Waals surface area contributed by atoms with Crippen LogP contribution in [0.15, 0.2) is 36.9 Å². The molecule has 0 spiro atoms. The Bertz CT molecular complexity index is 722. The van der Waals surface area contributed by atoms with Crippen molar-refractivity contribution in [3.63, 3.8) is 0 Å². The van der Waals surface area contributed by atoms with Crippen LogP contribution >= 0.6 is 23.8 Å². The third-order valence-corrected chi connectivity index (χ3v) is 3.47. The van der Waals surface area contributed by atoms with Gasteiger partial charge in [0.1, 0.15) is 0 Å². The number of H-pyrrole nitrogens is 1. The molecule has 0 bridgehead atoms. The lowest BCUT2D eigenvalue weighted by Crippen LogP contribution is -2.28. The third kappa shape index (κ3) is 3.59. The molecule has 0 saturated heterocycles. The second-order valence-corrected chi connectivity index (χ2v) is 5.31. The molecule has 0 radical (unpaired) electrons. The first kappa shape index (κ1) is 15.5. The van der Waals surface area contributed by atoms with Crippen molar-refractivity contribution in [3.05, 3.63) is 58.1 Å². The number of amides is 1. The molecule has 1 amide bonds. The van der Waals surface area contributed by atoms with Crippen LogP contribution < -0.4 is 5.32 Å². The van der Waals surface area contributed by atoms with Gasteiger partial charge in [0.05, 0.1) is 6.04 Å². The van der Waals surface area contributed by atoms with Gasteiger partial charge in [-0.1, -0.05) is 23.7 Å². The number of allylic oxidation sites excluding steroid dienone is 1. The van der Waals surface area contributed by atoms with Gasteiger partial charge in [-0.05, 0) is 37.3 Å². The van der Waals surface area contributed by atoms with Crippen molar-refractivity contribution in [2.75, 3.05) is 0 Å². The Balaban J connectivity index is 2.18. The molecular weight excluding hydrogens is 308 g/mol. The van der Waals surface area contributed by atoms with Crippen LogP contribution in [0.1, 0.15) is 29.1 Å². The van der Waals surface area contributed by atoms with Crippen molar-refractivity contribution in [2.24, 2.45) is 0 Å². The molecule has 1 heterocycles. The molecular formula is C14H15ClN4OS. The van der Waals surface area contributed by atoms with E-state index in [1.54, 1.807) is 34.9 Å². The molecule has 1 aromatic heterocycles. The van der Waals surface area contributed by atoms with E-state index in [2.05, 4.69) is 22.1 Å². The van der Waals surface area contributed by atoms with Gasteiger partial charge in [-0.3, -0.25) is 14.5 Å². The molecule has 0 aliphatic heterocycles. The maximum atomic E-state index is 12.2. The summed E-state index contributed by atoms with van der Waals surface area (Å²) in [6.07, 6.45) is 1.72. The topological polar surface area (TPSA) is 62.7 Å². The van der Waals surface area contributed by atoms with Crippen LogP contribution in [-0.4, -0.2) is 20.7 Å². The maximum Gasteiger partial charge on any atom is 0.251 e. The van der Waals surface area contributed by atoms with E-state index in [0.717, 1.165) is 0 Å². The van der Waals surface area contributed by atoms with Crippen molar-refractivity contribution in [1.29, 1.82) is 0 Å².